The molecular weight excluding hydrogens is 484 g/mol. The van der Waals surface area contributed by atoms with Gasteiger partial charge in [-0.1, -0.05) is 23.7 Å². The predicted molar refractivity (Wildman–Crippen MR) is 126 cm³/mol. The summed E-state index contributed by atoms with van der Waals surface area (Å²) in [4.78, 5) is 27.2. The van der Waals surface area contributed by atoms with Crippen molar-refractivity contribution in [1.82, 2.24) is 10.3 Å². The second kappa shape index (κ2) is 10.5. The molecule has 12 heteroatoms. The van der Waals surface area contributed by atoms with Crippen LogP contribution in [0.1, 0.15) is 11.3 Å². The van der Waals surface area contributed by atoms with Crippen LogP contribution in [0.5, 0.6) is 5.75 Å². The maximum atomic E-state index is 13.6. The first-order valence-corrected chi connectivity index (χ1v) is 11.7. The molecule has 0 saturated carbocycles. The number of amides is 1. The van der Waals surface area contributed by atoms with Gasteiger partial charge in [0.25, 0.3) is 15.7 Å². The third kappa shape index (κ3) is 5.61. The van der Waals surface area contributed by atoms with Crippen LogP contribution in [0.3, 0.4) is 0 Å². The average molecular weight is 505 g/mol. The lowest BCUT2D eigenvalue weighted by molar-refractivity contribution is -0.385. The first-order chi connectivity index (χ1) is 16.1. The number of carbonyl (C=O) groups excluding carboxylic acids is 1. The van der Waals surface area contributed by atoms with E-state index in [2.05, 4.69) is 10.3 Å². The van der Waals surface area contributed by atoms with Gasteiger partial charge in [-0.15, -0.1) is 0 Å². The highest BCUT2D eigenvalue weighted by Crippen LogP contribution is 2.35. The van der Waals surface area contributed by atoms with E-state index >= 15 is 0 Å². The van der Waals surface area contributed by atoms with Crippen LogP contribution in [0.25, 0.3) is 0 Å². The summed E-state index contributed by atoms with van der Waals surface area (Å²) in [5.74, 6) is -0.481. The molecule has 3 aromatic rings. The van der Waals surface area contributed by atoms with Crippen molar-refractivity contribution >= 4 is 38.9 Å². The summed E-state index contributed by atoms with van der Waals surface area (Å²) in [6.45, 7) is 0.946. The zero-order chi connectivity index (χ0) is 24.9. The van der Waals surface area contributed by atoms with Gasteiger partial charge in [-0.25, -0.2) is 8.42 Å². The molecule has 1 aromatic heterocycles. The summed E-state index contributed by atoms with van der Waals surface area (Å²) in [5.41, 5.74) is 0.522. The van der Waals surface area contributed by atoms with E-state index in [4.69, 9.17) is 16.3 Å². The molecule has 0 radical (unpaired) electrons. The van der Waals surface area contributed by atoms with E-state index in [9.17, 15) is 23.3 Å². The number of aryl methyl sites for hydroxylation is 1. The zero-order valence-electron chi connectivity index (χ0n) is 18.3. The maximum Gasteiger partial charge on any atom is 0.273 e. The van der Waals surface area contributed by atoms with Crippen LogP contribution in [0.4, 0.5) is 11.4 Å². The van der Waals surface area contributed by atoms with Gasteiger partial charge in [0.2, 0.25) is 5.91 Å². The standard InChI is InChI=1S/C22H21ClN4O6S/c1-15-6-8-18(12-19(15)27(29)30)34(31,32)26(20-11-16(23)7-9-21(20)33-2)14-22(28)25-13-17-5-3-4-10-24-17/h3-12H,13-14H2,1-2H3,(H,25,28). The van der Waals surface area contributed by atoms with Gasteiger partial charge < -0.3 is 10.1 Å². The number of methoxy groups -OCH3 is 1. The minimum Gasteiger partial charge on any atom is -0.495 e. The molecule has 10 nitrogen and oxygen atoms in total. The van der Waals surface area contributed by atoms with E-state index < -0.39 is 27.4 Å². The molecule has 1 N–H and O–H groups in total. The van der Waals surface area contributed by atoms with Crippen molar-refractivity contribution in [2.24, 2.45) is 0 Å². The first-order valence-electron chi connectivity index (χ1n) is 9.91. The number of halogens is 1. The highest BCUT2D eigenvalue weighted by Gasteiger charge is 2.31. The Hall–Kier alpha value is -3.70. The van der Waals surface area contributed by atoms with Crippen molar-refractivity contribution in [3.63, 3.8) is 0 Å². The summed E-state index contributed by atoms with van der Waals surface area (Å²) in [7, 11) is -3.10. The summed E-state index contributed by atoms with van der Waals surface area (Å²) in [6, 6.07) is 13.0. The van der Waals surface area contributed by atoms with E-state index in [0.29, 0.717) is 11.3 Å². The van der Waals surface area contributed by atoms with Crippen LogP contribution < -0.4 is 14.4 Å². The SMILES string of the molecule is COc1ccc(Cl)cc1N(CC(=O)NCc1ccccn1)S(=O)(=O)c1ccc(C)c([N+](=O)[O-])c1. The molecule has 0 saturated heterocycles. The summed E-state index contributed by atoms with van der Waals surface area (Å²) < 4.78 is 33.3. The molecule has 1 amide bonds. The Morgan fingerprint density at radius 2 is 1.97 bits per heavy atom. The van der Waals surface area contributed by atoms with Crippen LogP contribution in [-0.4, -0.2) is 37.9 Å². The summed E-state index contributed by atoms with van der Waals surface area (Å²) in [6.07, 6.45) is 1.57. The molecule has 178 valence electrons. The molecule has 0 bridgehead atoms. The number of benzene rings is 2. The number of pyridine rings is 1. The molecule has 3 rings (SSSR count). The van der Waals surface area contributed by atoms with Gasteiger partial charge in [-0.3, -0.25) is 24.2 Å². The molecule has 0 unspecified atom stereocenters. The van der Waals surface area contributed by atoms with Gasteiger partial charge >= 0.3 is 0 Å². The van der Waals surface area contributed by atoms with Crippen LogP contribution in [-0.2, 0) is 21.4 Å². The third-order valence-electron chi connectivity index (χ3n) is 4.85. The number of sulfonamides is 1. The zero-order valence-corrected chi connectivity index (χ0v) is 19.8. The number of anilines is 1. The van der Waals surface area contributed by atoms with Crippen molar-refractivity contribution in [1.29, 1.82) is 0 Å². The van der Waals surface area contributed by atoms with E-state index in [1.807, 2.05) is 0 Å². The Morgan fingerprint density at radius 3 is 2.62 bits per heavy atom. The lowest BCUT2D eigenvalue weighted by Crippen LogP contribution is -2.41. The minimum absolute atomic E-state index is 0.00575. The Bertz CT molecular complexity index is 1320. The Labute approximate surface area is 201 Å². The summed E-state index contributed by atoms with van der Waals surface area (Å²) in [5, 5.41) is 14.2. The molecule has 0 fully saturated rings. The van der Waals surface area contributed by atoms with E-state index in [1.165, 1.54) is 44.4 Å². The number of aromatic nitrogens is 1. The molecule has 2 aromatic carbocycles. The second-order valence-electron chi connectivity index (χ2n) is 7.13. The maximum absolute atomic E-state index is 13.6. The summed E-state index contributed by atoms with van der Waals surface area (Å²) >= 11 is 6.10. The molecule has 0 aliphatic rings. The number of ether oxygens (including phenoxy) is 1. The fraction of sp³-hybridized carbons (Fsp3) is 0.182. The Balaban J connectivity index is 2.03. The van der Waals surface area contributed by atoms with Crippen molar-refractivity contribution in [2.45, 2.75) is 18.4 Å². The number of rotatable bonds is 9. The van der Waals surface area contributed by atoms with Gasteiger partial charge in [0, 0.05) is 22.8 Å². The lowest BCUT2D eigenvalue weighted by Gasteiger charge is -2.26. The third-order valence-corrected chi connectivity index (χ3v) is 6.85. The lowest BCUT2D eigenvalue weighted by atomic mass is 10.2. The Kier molecular flexibility index (Phi) is 7.69. The smallest absolute Gasteiger partial charge is 0.273 e. The molecule has 1 heterocycles. The first kappa shape index (κ1) is 24.9. The molecule has 0 aliphatic heterocycles. The number of nitrogens with zero attached hydrogens (tertiary/aromatic N) is 3. The second-order valence-corrected chi connectivity index (χ2v) is 9.43. The number of nitro benzene ring substituents is 1. The van der Waals surface area contributed by atoms with Gasteiger partial charge in [0.05, 0.1) is 34.9 Å². The van der Waals surface area contributed by atoms with Crippen molar-refractivity contribution in [3.8, 4) is 5.75 Å². The van der Waals surface area contributed by atoms with Crippen molar-refractivity contribution < 1.29 is 22.9 Å². The average Bonchev–Trinajstić information content (AvgIpc) is 2.81. The predicted octanol–water partition coefficient (Wildman–Crippen LogP) is 3.47. The normalized spacial score (nSPS) is 11.0. The molecule has 0 aliphatic carbocycles. The van der Waals surface area contributed by atoms with E-state index in [-0.39, 0.29) is 33.6 Å². The fourth-order valence-electron chi connectivity index (χ4n) is 3.11. The van der Waals surface area contributed by atoms with Crippen molar-refractivity contribution in [2.75, 3.05) is 18.0 Å². The van der Waals surface area contributed by atoms with Crippen LogP contribution in [0.2, 0.25) is 5.02 Å². The molecule has 34 heavy (non-hydrogen) atoms. The molecule has 0 spiro atoms. The monoisotopic (exact) mass is 504 g/mol. The van der Waals surface area contributed by atoms with Crippen molar-refractivity contribution in [3.05, 3.63) is 87.2 Å². The number of hydrogen-bond donors (Lipinski definition) is 1. The van der Waals surface area contributed by atoms with Gasteiger partial charge in [-0.05, 0) is 43.3 Å². The highest BCUT2D eigenvalue weighted by molar-refractivity contribution is 7.92. The Morgan fingerprint density at radius 1 is 1.21 bits per heavy atom. The number of nitrogens with one attached hydrogen (secondary N) is 1. The van der Waals surface area contributed by atoms with Crippen LogP contribution in [0.15, 0.2) is 65.7 Å². The van der Waals surface area contributed by atoms with Crippen LogP contribution >= 0.6 is 11.6 Å². The minimum atomic E-state index is -4.44. The highest BCUT2D eigenvalue weighted by atomic mass is 35.5. The van der Waals surface area contributed by atoms with Crippen LogP contribution in [0, 0.1) is 17.0 Å². The van der Waals surface area contributed by atoms with Gasteiger partial charge in [0.15, 0.2) is 0 Å². The fourth-order valence-corrected chi connectivity index (χ4v) is 4.72. The number of carbonyl (C=O) groups is 1. The molecule has 0 atom stereocenters. The number of hydrogen-bond acceptors (Lipinski definition) is 7. The van der Waals surface area contributed by atoms with Gasteiger partial charge in [-0.2, -0.15) is 0 Å². The van der Waals surface area contributed by atoms with Gasteiger partial charge in [0.1, 0.15) is 12.3 Å². The van der Waals surface area contributed by atoms with E-state index in [1.54, 1.807) is 24.4 Å². The number of nitro groups is 1. The van der Waals surface area contributed by atoms with E-state index in [0.717, 1.165) is 10.4 Å². The quantitative estimate of drug-likeness (QED) is 0.348. The topological polar surface area (TPSA) is 132 Å². The molecular formula is C22H21ClN4O6S. The largest absolute Gasteiger partial charge is 0.495 e.